The molecule has 0 saturated carbocycles. The second-order valence-electron chi connectivity index (χ2n) is 6.49. The molecule has 0 atom stereocenters. The van der Waals surface area contributed by atoms with E-state index in [0.29, 0.717) is 5.56 Å². The maximum Gasteiger partial charge on any atom is 0.263 e. The van der Waals surface area contributed by atoms with Crippen molar-refractivity contribution < 1.29 is 13.2 Å². The third-order valence-electron chi connectivity index (χ3n) is 4.30. The van der Waals surface area contributed by atoms with Gasteiger partial charge in [-0.05, 0) is 56.2 Å². The highest BCUT2D eigenvalue weighted by Gasteiger charge is 2.42. The van der Waals surface area contributed by atoms with E-state index in [1.54, 1.807) is 56.3 Å². The van der Waals surface area contributed by atoms with Gasteiger partial charge < -0.3 is 4.90 Å². The summed E-state index contributed by atoms with van der Waals surface area (Å²) in [5.74, 6) is 0.203. The Morgan fingerprint density at radius 1 is 1.17 bits per heavy atom. The van der Waals surface area contributed by atoms with E-state index >= 15 is 0 Å². The molecule has 0 radical (unpaired) electrons. The number of pyridine rings is 1. The number of amides is 1. The van der Waals surface area contributed by atoms with Gasteiger partial charge in [-0.2, -0.15) is 0 Å². The molecular formula is C17H19N3O3S. The van der Waals surface area contributed by atoms with Gasteiger partial charge in [0.25, 0.3) is 10.0 Å². The predicted octanol–water partition coefficient (Wildman–Crippen LogP) is 2.44. The average Bonchev–Trinajstić information content (AvgIpc) is 2.70. The summed E-state index contributed by atoms with van der Waals surface area (Å²) in [7, 11) is -2.08. The Morgan fingerprint density at radius 3 is 2.50 bits per heavy atom. The first-order valence-corrected chi connectivity index (χ1v) is 8.99. The summed E-state index contributed by atoms with van der Waals surface area (Å²) in [6, 6.07) is 8.12. The minimum absolute atomic E-state index is 0.0554. The van der Waals surface area contributed by atoms with Crippen LogP contribution in [0.4, 0.5) is 11.5 Å². The molecule has 1 aromatic carbocycles. The molecule has 126 valence electrons. The van der Waals surface area contributed by atoms with Gasteiger partial charge in [-0.25, -0.2) is 13.4 Å². The number of fused-ring (bicyclic) bond motifs is 1. The Bertz CT molecular complexity index is 919. The minimum atomic E-state index is -3.78. The van der Waals surface area contributed by atoms with E-state index in [9.17, 15) is 13.2 Å². The van der Waals surface area contributed by atoms with Crippen LogP contribution in [-0.2, 0) is 20.2 Å². The monoisotopic (exact) mass is 345 g/mol. The summed E-state index contributed by atoms with van der Waals surface area (Å²) in [6.07, 6.45) is 1.59. The lowest BCUT2D eigenvalue weighted by Crippen LogP contribution is -2.33. The maximum atomic E-state index is 12.6. The third-order valence-corrected chi connectivity index (χ3v) is 5.66. The Hall–Kier alpha value is -2.41. The molecule has 3 rings (SSSR count). The molecule has 0 fully saturated rings. The van der Waals surface area contributed by atoms with Gasteiger partial charge in [0.1, 0.15) is 5.82 Å². The van der Waals surface area contributed by atoms with Crippen molar-refractivity contribution in [2.24, 2.45) is 0 Å². The lowest BCUT2D eigenvalue weighted by Gasteiger charge is -2.16. The van der Waals surface area contributed by atoms with Crippen molar-refractivity contribution in [3.05, 3.63) is 47.7 Å². The van der Waals surface area contributed by atoms with E-state index in [4.69, 9.17) is 0 Å². The number of aryl methyl sites for hydroxylation is 1. The van der Waals surface area contributed by atoms with Crippen molar-refractivity contribution in [1.29, 1.82) is 0 Å². The number of sulfonamides is 1. The summed E-state index contributed by atoms with van der Waals surface area (Å²) < 4.78 is 27.7. The Balaban J connectivity index is 2.00. The zero-order valence-electron chi connectivity index (χ0n) is 14.0. The van der Waals surface area contributed by atoms with Gasteiger partial charge in [0.2, 0.25) is 5.91 Å². The van der Waals surface area contributed by atoms with Crippen LogP contribution in [0, 0.1) is 6.92 Å². The Labute approximate surface area is 141 Å². The van der Waals surface area contributed by atoms with Gasteiger partial charge in [0.15, 0.2) is 0 Å². The quantitative estimate of drug-likeness (QED) is 0.927. The van der Waals surface area contributed by atoms with Gasteiger partial charge in [-0.15, -0.1) is 0 Å². The van der Waals surface area contributed by atoms with E-state index < -0.39 is 15.4 Å². The first kappa shape index (κ1) is 16.4. The fourth-order valence-corrected chi connectivity index (χ4v) is 3.88. The van der Waals surface area contributed by atoms with Crippen LogP contribution in [0.3, 0.4) is 0 Å². The first-order valence-electron chi connectivity index (χ1n) is 7.51. The van der Waals surface area contributed by atoms with Crippen LogP contribution in [0.25, 0.3) is 0 Å². The molecule has 6 nitrogen and oxygen atoms in total. The molecule has 24 heavy (non-hydrogen) atoms. The number of nitrogens with one attached hydrogen (secondary N) is 1. The molecule has 2 aromatic rings. The van der Waals surface area contributed by atoms with Gasteiger partial charge in [-0.3, -0.25) is 9.52 Å². The predicted molar refractivity (Wildman–Crippen MR) is 92.7 cm³/mol. The fraction of sp³-hybridized carbons (Fsp3) is 0.294. The standard InChI is InChI=1S/C17H19N3O3S/c1-11-5-8-15(18-10-11)19-24(22,23)12-6-7-14-13(9-12)17(2,3)16(21)20(14)4/h5-10H,1-4H3,(H,18,19). The van der Waals surface area contributed by atoms with Gasteiger partial charge in [-0.1, -0.05) is 6.07 Å². The second-order valence-corrected chi connectivity index (χ2v) is 8.18. The van der Waals surface area contributed by atoms with E-state index in [2.05, 4.69) is 9.71 Å². The fourth-order valence-electron chi connectivity index (χ4n) is 2.84. The van der Waals surface area contributed by atoms with Crippen LogP contribution in [-0.4, -0.2) is 26.4 Å². The summed E-state index contributed by atoms with van der Waals surface area (Å²) in [6.45, 7) is 5.47. The zero-order valence-corrected chi connectivity index (χ0v) is 14.8. The highest BCUT2D eigenvalue weighted by Crippen LogP contribution is 2.41. The molecule has 2 heterocycles. The molecular weight excluding hydrogens is 326 g/mol. The van der Waals surface area contributed by atoms with Gasteiger partial charge >= 0.3 is 0 Å². The SMILES string of the molecule is Cc1ccc(NS(=O)(=O)c2ccc3c(c2)C(C)(C)C(=O)N3C)nc1. The molecule has 0 saturated heterocycles. The molecule has 0 aliphatic carbocycles. The number of carbonyl (C=O) groups excluding carboxylic acids is 1. The molecule has 1 N–H and O–H groups in total. The lowest BCUT2D eigenvalue weighted by molar-refractivity contribution is -0.121. The number of carbonyl (C=O) groups is 1. The number of nitrogens with zero attached hydrogens (tertiary/aromatic N) is 2. The Morgan fingerprint density at radius 2 is 1.88 bits per heavy atom. The number of aromatic nitrogens is 1. The highest BCUT2D eigenvalue weighted by molar-refractivity contribution is 7.92. The largest absolute Gasteiger partial charge is 0.314 e. The zero-order chi connectivity index (χ0) is 17.7. The van der Waals surface area contributed by atoms with Crippen molar-refractivity contribution in [2.75, 3.05) is 16.7 Å². The summed E-state index contributed by atoms with van der Waals surface area (Å²) >= 11 is 0. The third kappa shape index (κ3) is 2.54. The molecule has 7 heteroatoms. The van der Waals surface area contributed by atoms with E-state index in [-0.39, 0.29) is 16.6 Å². The number of hydrogen-bond donors (Lipinski definition) is 1. The van der Waals surface area contributed by atoms with Gasteiger partial charge in [0, 0.05) is 18.9 Å². The second kappa shape index (κ2) is 5.31. The smallest absolute Gasteiger partial charge is 0.263 e. The summed E-state index contributed by atoms with van der Waals surface area (Å²) in [5, 5.41) is 0. The van der Waals surface area contributed by atoms with Crippen LogP contribution in [0.1, 0.15) is 25.0 Å². The van der Waals surface area contributed by atoms with Crippen LogP contribution in [0.15, 0.2) is 41.4 Å². The molecule has 1 aliphatic heterocycles. The molecule has 0 spiro atoms. The first-order chi connectivity index (χ1) is 11.1. The van der Waals surface area contributed by atoms with Crippen LogP contribution >= 0.6 is 0 Å². The number of likely N-dealkylation sites (N-methyl/N-ethyl adjacent to an activating group) is 1. The number of benzene rings is 1. The van der Waals surface area contributed by atoms with E-state index in [1.165, 1.54) is 6.07 Å². The molecule has 0 unspecified atom stereocenters. The van der Waals surface area contributed by atoms with Crippen molar-refractivity contribution in [1.82, 2.24) is 4.98 Å². The lowest BCUT2D eigenvalue weighted by atomic mass is 9.86. The number of anilines is 2. The average molecular weight is 345 g/mol. The molecule has 1 aliphatic rings. The van der Waals surface area contributed by atoms with Crippen molar-refractivity contribution >= 4 is 27.4 Å². The minimum Gasteiger partial charge on any atom is -0.314 e. The maximum absolute atomic E-state index is 12.6. The highest BCUT2D eigenvalue weighted by atomic mass is 32.2. The normalized spacial score (nSPS) is 16.2. The number of hydrogen-bond acceptors (Lipinski definition) is 4. The molecule has 1 aromatic heterocycles. The van der Waals surface area contributed by atoms with Crippen LogP contribution in [0.2, 0.25) is 0 Å². The summed E-state index contributed by atoms with van der Waals surface area (Å²) in [4.78, 5) is 18.0. The number of rotatable bonds is 3. The van der Waals surface area contributed by atoms with E-state index in [0.717, 1.165) is 11.3 Å². The topological polar surface area (TPSA) is 79.4 Å². The molecule has 0 bridgehead atoms. The Kier molecular flexibility index (Phi) is 3.64. The van der Waals surface area contributed by atoms with Crippen molar-refractivity contribution in [2.45, 2.75) is 31.1 Å². The van der Waals surface area contributed by atoms with E-state index in [1.807, 2.05) is 6.92 Å². The van der Waals surface area contributed by atoms with Crippen LogP contribution in [0.5, 0.6) is 0 Å². The van der Waals surface area contributed by atoms with Crippen LogP contribution < -0.4 is 9.62 Å². The molecule has 1 amide bonds. The van der Waals surface area contributed by atoms with Crippen molar-refractivity contribution in [3.63, 3.8) is 0 Å². The summed E-state index contributed by atoms with van der Waals surface area (Å²) in [5.41, 5.74) is 1.63. The van der Waals surface area contributed by atoms with Crippen molar-refractivity contribution in [3.8, 4) is 0 Å². The van der Waals surface area contributed by atoms with Gasteiger partial charge in [0.05, 0.1) is 10.3 Å².